The first-order valence-electron chi connectivity index (χ1n) is 6.00. The highest BCUT2D eigenvalue weighted by atomic mass is 16.1. The smallest absolute Gasteiger partial charge is 0.150 e. The molecule has 0 saturated carbocycles. The Balaban J connectivity index is 1.81. The molecule has 1 aromatic heterocycles. The Bertz CT molecular complexity index is 353. The Hall–Kier alpha value is -1.16. The fraction of sp³-hybridized carbons (Fsp3) is 0.667. The van der Waals surface area contributed by atoms with Gasteiger partial charge in [0.1, 0.15) is 5.78 Å². The second kappa shape index (κ2) is 5.25. The van der Waals surface area contributed by atoms with Crippen molar-refractivity contribution in [2.24, 2.45) is 7.05 Å². The van der Waals surface area contributed by atoms with Crippen molar-refractivity contribution in [3.8, 4) is 0 Å². The van der Waals surface area contributed by atoms with Gasteiger partial charge in [-0.05, 0) is 31.9 Å². The van der Waals surface area contributed by atoms with Gasteiger partial charge in [0.25, 0.3) is 0 Å². The summed E-state index contributed by atoms with van der Waals surface area (Å²) in [4.78, 5) is 11.9. The van der Waals surface area contributed by atoms with Gasteiger partial charge in [0.2, 0.25) is 0 Å². The van der Waals surface area contributed by atoms with Crippen LogP contribution < -0.4 is 5.32 Å². The van der Waals surface area contributed by atoms with E-state index in [0.717, 1.165) is 25.1 Å². The van der Waals surface area contributed by atoms with Crippen LogP contribution in [0, 0.1) is 0 Å². The molecule has 1 fully saturated rings. The number of piperidine rings is 1. The predicted octanol–water partition coefficient (Wildman–Crippen LogP) is 1.06. The number of rotatable bonds is 4. The maximum absolute atomic E-state index is 11.9. The van der Waals surface area contributed by atoms with Gasteiger partial charge in [-0.25, -0.2) is 0 Å². The number of carbonyl (C=O) groups excluding carboxylic acids is 1. The van der Waals surface area contributed by atoms with Crippen LogP contribution in [0.15, 0.2) is 12.3 Å². The normalized spacial score (nSPS) is 20.9. The summed E-state index contributed by atoms with van der Waals surface area (Å²) in [7, 11) is 1.92. The van der Waals surface area contributed by atoms with Crippen molar-refractivity contribution in [3.63, 3.8) is 0 Å². The maximum Gasteiger partial charge on any atom is 0.150 e. The van der Waals surface area contributed by atoms with E-state index in [-0.39, 0.29) is 6.04 Å². The number of nitrogens with one attached hydrogen (secondary N) is 1. The average Bonchev–Trinajstić information content (AvgIpc) is 2.73. The van der Waals surface area contributed by atoms with E-state index >= 15 is 0 Å². The second-order valence-electron chi connectivity index (χ2n) is 4.41. The van der Waals surface area contributed by atoms with Gasteiger partial charge in [-0.2, -0.15) is 5.10 Å². The second-order valence-corrected chi connectivity index (χ2v) is 4.41. The molecule has 1 atom stereocenters. The number of nitrogens with zero attached hydrogens (tertiary/aromatic N) is 2. The van der Waals surface area contributed by atoms with Crippen LogP contribution in [0.3, 0.4) is 0 Å². The minimum atomic E-state index is 0.0991. The molecule has 0 aromatic carbocycles. The van der Waals surface area contributed by atoms with Gasteiger partial charge in [0, 0.05) is 25.4 Å². The fourth-order valence-electron chi connectivity index (χ4n) is 2.20. The summed E-state index contributed by atoms with van der Waals surface area (Å²) in [6.45, 7) is 0.988. The Morgan fingerprint density at radius 3 is 3.12 bits per heavy atom. The molecule has 0 radical (unpaired) electrons. The number of Topliss-reactive ketones (excluding diaryl/α,β-unsaturated/α-hetero) is 1. The molecule has 1 unspecified atom stereocenters. The predicted molar refractivity (Wildman–Crippen MR) is 62.2 cm³/mol. The molecule has 4 heteroatoms. The van der Waals surface area contributed by atoms with Gasteiger partial charge in [-0.1, -0.05) is 6.42 Å². The van der Waals surface area contributed by atoms with E-state index in [0.29, 0.717) is 12.2 Å². The molecule has 1 aromatic rings. The van der Waals surface area contributed by atoms with Gasteiger partial charge in [0.05, 0.1) is 6.04 Å². The van der Waals surface area contributed by atoms with Gasteiger partial charge < -0.3 is 5.32 Å². The lowest BCUT2D eigenvalue weighted by molar-refractivity contribution is -0.121. The summed E-state index contributed by atoms with van der Waals surface area (Å²) in [5.74, 6) is 0.348. The van der Waals surface area contributed by atoms with Gasteiger partial charge in [-0.15, -0.1) is 0 Å². The van der Waals surface area contributed by atoms with Crippen LogP contribution in [0.25, 0.3) is 0 Å². The SMILES string of the molecule is Cn1nccc1CCC(=O)C1CCCCN1. The molecule has 1 saturated heterocycles. The van der Waals surface area contributed by atoms with E-state index in [2.05, 4.69) is 10.4 Å². The molecule has 4 nitrogen and oxygen atoms in total. The molecule has 1 aliphatic heterocycles. The van der Waals surface area contributed by atoms with Crippen molar-refractivity contribution in [1.82, 2.24) is 15.1 Å². The number of aryl methyl sites for hydroxylation is 2. The third kappa shape index (κ3) is 2.70. The number of aromatic nitrogens is 2. The summed E-state index contributed by atoms with van der Waals surface area (Å²) in [5.41, 5.74) is 1.13. The van der Waals surface area contributed by atoms with E-state index in [1.807, 2.05) is 17.8 Å². The largest absolute Gasteiger partial charge is 0.307 e. The van der Waals surface area contributed by atoms with Crippen molar-refractivity contribution >= 4 is 5.78 Å². The van der Waals surface area contributed by atoms with E-state index in [4.69, 9.17) is 0 Å². The van der Waals surface area contributed by atoms with Crippen LogP contribution in [-0.4, -0.2) is 28.2 Å². The first kappa shape index (κ1) is 11.3. The van der Waals surface area contributed by atoms with Crippen molar-refractivity contribution in [2.45, 2.75) is 38.1 Å². The van der Waals surface area contributed by atoms with Crippen LogP contribution in [0.4, 0.5) is 0 Å². The Morgan fingerprint density at radius 1 is 1.62 bits per heavy atom. The Morgan fingerprint density at radius 2 is 2.50 bits per heavy atom. The Kier molecular flexibility index (Phi) is 3.72. The van der Waals surface area contributed by atoms with E-state index in [1.54, 1.807) is 6.20 Å². The molecule has 88 valence electrons. The highest BCUT2D eigenvalue weighted by Crippen LogP contribution is 2.11. The van der Waals surface area contributed by atoms with Crippen molar-refractivity contribution in [2.75, 3.05) is 6.54 Å². The van der Waals surface area contributed by atoms with Crippen LogP contribution in [0.5, 0.6) is 0 Å². The van der Waals surface area contributed by atoms with Crippen LogP contribution in [-0.2, 0) is 18.3 Å². The third-order valence-corrected chi connectivity index (χ3v) is 3.25. The summed E-state index contributed by atoms with van der Waals surface area (Å²) >= 11 is 0. The van der Waals surface area contributed by atoms with Crippen molar-refractivity contribution < 1.29 is 4.79 Å². The summed E-state index contributed by atoms with van der Waals surface area (Å²) < 4.78 is 1.83. The molecule has 1 aliphatic rings. The van der Waals surface area contributed by atoms with Crippen LogP contribution in [0.2, 0.25) is 0 Å². The van der Waals surface area contributed by atoms with Crippen molar-refractivity contribution in [1.29, 1.82) is 0 Å². The first-order chi connectivity index (χ1) is 7.77. The molecule has 0 amide bonds. The zero-order valence-corrected chi connectivity index (χ0v) is 9.78. The van der Waals surface area contributed by atoms with E-state index in [1.165, 1.54) is 12.8 Å². The number of carbonyl (C=O) groups is 1. The molecule has 0 aliphatic carbocycles. The summed E-state index contributed by atoms with van der Waals surface area (Å²) in [5, 5.41) is 7.39. The molecule has 2 heterocycles. The lowest BCUT2D eigenvalue weighted by atomic mass is 9.98. The summed E-state index contributed by atoms with van der Waals surface area (Å²) in [6, 6.07) is 2.07. The third-order valence-electron chi connectivity index (χ3n) is 3.25. The molecule has 0 bridgehead atoms. The standard InChI is InChI=1S/C12H19N3O/c1-15-10(7-9-14-15)5-6-12(16)11-4-2-3-8-13-11/h7,9,11,13H,2-6,8H2,1H3. The molecular weight excluding hydrogens is 202 g/mol. The maximum atomic E-state index is 11.9. The minimum Gasteiger partial charge on any atom is -0.307 e. The monoisotopic (exact) mass is 221 g/mol. The van der Waals surface area contributed by atoms with Gasteiger partial charge in [-0.3, -0.25) is 9.48 Å². The fourth-order valence-corrected chi connectivity index (χ4v) is 2.20. The van der Waals surface area contributed by atoms with Gasteiger partial charge in [0.15, 0.2) is 0 Å². The summed E-state index contributed by atoms with van der Waals surface area (Å²) in [6.07, 6.45) is 6.58. The minimum absolute atomic E-state index is 0.0991. The highest BCUT2D eigenvalue weighted by Gasteiger charge is 2.20. The first-order valence-corrected chi connectivity index (χ1v) is 6.00. The number of hydrogen-bond donors (Lipinski definition) is 1. The highest BCUT2D eigenvalue weighted by molar-refractivity contribution is 5.84. The zero-order chi connectivity index (χ0) is 11.4. The molecule has 2 rings (SSSR count). The van der Waals surface area contributed by atoms with E-state index in [9.17, 15) is 4.79 Å². The van der Waals surface area contributed by atoms with Crippen LogP contribution >= 0.6 is 0 Å². The topological polar surface area (TPSA) is 46.9 Å². The average molecular weight is 221 g/mol. The zero-order valence-electron chi connectivity index (χ0n) is 9.78. The lowest BCUT2D eigenvalue weighted by Crippen LogP contribution is -2.40. The van der Waals surface area contributed by atoms with Gasteiger partial charge >= 0.3 is 0 Å². The lowest BCUT2D eigenvalue weighted by Gasteiger charge is -2.22. The van der Waals surface area contributed by atoms with Crippen molar-refractivity contribution in [3.05, 3.63) is 18.0 Å². The quantitative estimate of drug-likeness (QED) is 0.827. The number of hydrogen-bond acceptors (Lipinski definition) is 3. The molecular formula is C12H19N3O. The van der Waals surface area contributed by atoms with Crippen LogP contribution in [0.1, 0.15) is 31.4 Å². The number of ketones is 1. The van der Waals surface area contributed by atoms with E-state index < -0.39 is 0 Å². The molecule has 0 spiro atoms. The molecule has 16 heavy (non-hydrogen) atoms. The molecule has 1 N–H and O–H groups in total. The Labute approximate surface area is 96.0 Å².